The molecule has 0 radical (unpaired) electrons. The van der Waals surface area contributed by atoms with Crippen molar-refractivity contribution in [2.75, 3.05) is 6.54 Å². The summed E-state index contributed by atoms with van der Waals surface area (Å²) in [6, 6.07) is 0. The van der Waals surface area contributed by atoms with Crippen LogP contribution in [0.3, 0.4) is 0 Å². The summed E-state index contributed by atoms with van der Waals surface area (Å²) in [4.78, 5) is 10.2. The molecule has 2 aromatic heterocycles. The summed E-state index contributed by atoms with van der Waals surface area (Å²) in [5, 5.41) is 15.8. The van der Waals surface area contributed by atoms with Crippen molar-refractivity contribution in [3.05, 3.63) is 27.2 Å². The molecular formula is C14H23N7S. The number of thiazole rings is 1. The second-order valence-electron chi connectivity index (χ2n) is 5.01. The summed E-state index contributed by atoms with van der Waals surface area (Å²) in [5.74, 6) is 2.51. The number of nitrogens with zero attached hydrogens (tertiary/aromatic N) is 5. The molecular weight excluding hydrogens is 298 g/mol. The molecule has 2 rings (SSSR count). The van der Waals surface area contributed by atoms with Crippen molar-refractivity contribution in [3.8, 4) is 0 Å². The van der Waals surface area contributed by atoms with Gasteiger partial charge < -0.3 is 15.2 Å². The molecule has 0 atom stereocenters. The third-order valence-electron chi connectivity index (χ3n) is 3.32. The minimum Gasteiger partial charge on any atom is -0.357 e. The summed E-state index contributed by atoms with van der Waals surface area (Å²) >= 11 is 1.71. The van der Waals surface area contributed by atoms with Gasteiger partial charge in [0, 0.05) is 18.5 Å². The average Bonchev–Trinajstić information content (AvgIpc) is 2.97. The highest BCUT2D eigenvalue weighted by atomic mass is 32.1. The number of aliphatic imine (C=N–C) groups is 1. The number of hydrogen-bond acceptors (Lipinski definition) is 5. The van der Waals surface area contributed by atoms with E-state index >= 15 is 0 Å². The zero-order valence-electron chi connectivity index (χ0n) is 13.8. The molecule has 0 saturated heterocycles. The van der Waals surface area contributed by atoms with E-state index in [1.807, 2.05) is 39.3 Å². The van der Waals surface area contributed by atoms with E-state index in [9.17, 15) is 0 Å². The lowest BCUT2D eigenvalue weighted by atomic mass is 10.4. The Hall–Kier alpha value is -1.96. The van der Waals surface area contributed by atoms with Crippen molar-refractivity contribution >= 4 is 17.3 Å². The zero-order valence-corrected chi connectivity index (χ0v) is 14.6. The summed E-state index contributed by atoms with van der Waals surface area (Å²) in [6.07, 6.45) is 0. The van der Waals surface area contributed by atoms with Crippen LogP contribution in [-0.2, 0) is 20.1 Å². The van der Waals surface area contributed by atoms with Gasteiger partial charge in [0.15, 0.2) is 11.8 Å². The Bertz CT molecular complexity index is 656. The van der Waals surface area contributed by atoms with Gasteiger partial charge in [-0.3, -0.25) is 0 Å². The molecule has 0 bridgehead atoms. The first-order chi connectivity index (χ1) is 10.5. The molecule has 0 unspecified atom stereocenters. The molecule has 0 fully saturated rings. The highest BCUT2D eigenvalue weighted by molar-refractivity contribution is 7.11. The van der Waals surface area contributed by atoms with Crippen LogP contribution < -0.4 is 10.6 Å². The number of hydrogen-bond donors (Lipinski definition) is 2. The minimum atomic E-state index is 0.493. The lowest BCUT2D eigenvalue weighted by Gasteiger charge is -2.10. The van der Waals surface area contributed by atoms with Crippen LogP contribution in [0.4, 0.5) is 0 Å². The van der Waals surface area contributed by atoms with Crippen molar-refractivity contribution in [3.63, 3.8) is 0 Å². The fourth-order valence-electron chi connectivity index (χ4n) is 1.98. The van der Waals surface area contributed by atoms with Crippen LogP contribution in [-0.4, -0.2) is 32.3 Å². The van der Waals surface area contributed by atoms with E-state index in [0.717, 1.165) is 41.4 Å². The molecule has 22 heavy (non-hydrogen) atoms. The van der Waals surface area contributed by atoms with E-state index < -0.39 is 0 Å². The molecule has 0 aliphatic carbocycles. The number of rotatable bonds is 5. The Morgan fingerprint density at radius 2 is 2.00 bits per heavy atom. The molecule has 8 heteroatoms. The molecule has 0 aliphatic heterocycles. The maximum absolute atomic E-state index is 4.56. The van der Waals surface area contributed by atoms with Crippen LogP contribution in [0.2, 0.25) is 0 Å². The van der Waals surface area contributed by atoms with Crippen molar-refractivity contribution in [2.24, 2.45) is 12.0 Å². The van der Waals surface area contributed by atoms with E-state index in [0.29, 0.717) is 6.54 Å². The van der Waals surface area contributed by atoms with Crippen LogP contribution in [0.25, 0.3) is 0 Å². The van der Waals surface area contributed by atoms with Crippen molar-refractivity contribution in [1.82, 2.24) is 30.4 Å². The Kier molecular flexibility index (Phi) is 5.48. The lowest BCUT2D eigenvalue weighted by Crippen LogP contribution is -2.36. The van der Waals surface area contributed by atoms with Gasteiger partial charge in [-0.2, -0.15) is 0 Å². The molecule has 120 valence electrons. The van der Waals surface area contributed by atoms with Crippen molar-refractivity contribution in [2.45, 2.75) is 40.8 Å². The van der Waals surface area contributed by atoms with Crippen LogP contribution in [0.1, 0.15) is 34.2 Å². The summed E-state index contributed by atoms with van der Waals surface area (Å²) < 4.78 is 1.95. The van der Waals surface area contributed by atoms with Crippen LogP contribution >= 0.6 is 11.3 Å². The summed E-state index contributed by atoms with van der Waals surface area (Å²) in [5.41, 5.74) is 1.08. The third kappa shape index (κ3) is 4.03. The third-order valence-corrected chi connectivity index (χ3v) is 4.39. The molecule has 0 amide bonds. The van der Waals surface area contributed by atoms with Gasteiger partial charge in [0.25, 0.3) is 0 Å². The standard InChI is InChI=1S/C14H23N7S/c1-6-15-14(16-7-12-9(2)18-11(4)22-12)17-8-13-20-19-10(3)21(13)5/h6-8H2,1-5H3,(H2,15,16,17). The quantitative estimate of drug-likeness (QED) is 0.644. The van der Waals surface area contributed by atoms with Crippen molar-refractivity contribution < 1.29 is 0 Å². The van der Waals surface area contributed by atoms with Gasteiger partial charge in [0.05, 0.1) is 17.2 Å². The van der Waals surface area contributed by atoms with Gasteiger partial charge in [-0.05, 0) is 27.7 Å². The predicted octanol–water partition coefficient (Wildman–Crippen LogP) is 1.45. The second-order valence-corrected chi connectivity index (χ2v) is 6.30. The number of nitrogens with one attached hydrogen (secondary N) is 2. The highest BCUT2D eigenvalue weighted by Gasteiger charge is 2.07. The number of aromatic nitrogens is 4. The predicted molar refractivity (Wildman–Crippen MR) is 89.0 cm³/mol. The van der Waals surface area contributed by atoms with Gasteiger partial charge in [0.1, 0.15) is 12.4 Å². The Labute approximate surface area is 134 Å². The molecule has 0 spiro atoms. The topological polar surface area (TPSA) is 80.0 Å². The van der Waals surface area contributed by atoms with Crippen molar-refractivity contribution in [1.29, 1.82) is 0 Å². The van der Waals surface area contributed by atoms with Gasteiger partial charge in [-0.25, -0.2) is 9.98 Å². The first-order valence-electron chi connectivity index (χ1n) is 7.31. The van der Waals surface area contributed by atoms with E-state index in [4.69, 9.17) is 0 Å². The maximum Gasteiger partial charge on any atom is 0.191 e. The van der Waals surface area contributed by atoms with E-state index in [2.05, 4.69) is 30.8 Å². The molecule has 2 heterocycles. The normalized spacial score (nSPS) is 11.8. The first-order valence-corrected chi connectivity index (χ1v) is 8.12. The number of guanidine groups is 1. The van der Waals surface area contributed by atoms with Gasteiger partial charge >= 0.3 is 0 Å². The smallest absolute Gasteiger partial charge is 0.191 e. The van der Waals surface area contributed by atoms with Gasteiger partial charge in [0.2, 0.25) is 0 Å². The Morgan fingerprint density at radius 3 is 2.55 bits per heavy atom. The molecule has 7 nitrogen and oxygen atoms in total. The number of aryl methyl sites for hydroxylation is 3. The molecule has 0 aliphatic rings. The highest BCUT2D eigenvalue weighted by Crippen LogP contribution is 2.16. The minimum absolute atomic E-state index is 0.493. The van der Waals surface area contributed by atoms with Crippen LogP contribution in [0.15, 0.2) is 4.99 Å². The van der Waals surface area contributed by atoms with E-state index in [1.165, 1.54) is 4.88 Å². The SMILES string of the molecule is CCNC(=NCc1nnc(C)n1C)NCc1sc(C)nc1C. The molecule has 0 aromatic carbocycles. The molecule has 2 aromatic rings. The van der Waals surface area contributed by atoms with Gasteiger partial charge in [-0.1, -0.05) is 0 Å². The first kappa shape index (κ1) is 16.4. The van der Waals surface area contributed by atoms with Crippen LogP contribution in [0, 0.1) is 20.8 Å². The van der Waals surface area contributed by atoms with Gasteiger partial charge in [-0.15, -0.1) is 21.5 Å². The Morgan fingerprint density at radius 1 is 1.23 bits per heavy atom. The average molecular weight is 321 g/mol. The van der Waals surface area contributed by atoms with E-state index in [-0.39, 0.29) is 0 Å². The molecule has 2 N–H and O–H groups in total. The maximum atomic E-state index is 4.56. The Balaban J connectivity index is 2.01. The fraction of sp³-hybridized carbons (Fsp3) is 0.571. The van der Waals surface area contributed by atoms with E-state index in [1.54, 1.807) is 11.3 Å². The zero-order chi connectivity index (χ0) is 16.1. The summed E-state index contributed by atoms with van der Waals surface area (Å²) in [7, 11) is 1.95. The second kappa shape index (κ2) is 7.35. The largest absolute Gasteiger partial charge is 0.357 e. The monoisotopic (exact) mass is 321 g/mol. The fourth-order valence-corrected chi connectivity index (χ4v) is 2.86. The van der Waals surface area contributed by atoms with Crippen LogP contribution in [0.5, 0.6) is 0 Å². The molecule has 0 saturated carbocycles. The summed E-state index contributed by atoms with van der Waals surface area (Å²) in [6.45, 7) is 10.1. The lowest BCUT2D eigenvalue weighted by molar-refractivity contribution is 0.756.